The Morgan fingerprint density at radius 2 is 2.00 bits per heavy atom. The quantitative estimate of drug-likeness (QED) is 0.785. The van der Waals surface area contributed by atoms with Crippen molar-refractivity contribution in [3.8, 4) is 5.75 Å². The SMILES string of the molecule is CC(=O)Oc1cc(C(C)C)ccc(Br)c1=O. The molecular weight excluding hydrogens is 272 g/mol. The molecule has 0 unspecified atom stereocenters. The first-order chi connectivity index (χ1) is 7.41. The van der Waals surface area contributed by atoms with Gasteiger partial charge < -0.3 is 4.74 Å². The summed E-state index contributed by atoms with van der Waals surface area (Å²) in [5.41, 5.74) is 0.626. The Morgan fingerprint density at radius 3 is 2.50 bits per heavy atom. The van der Waals surface area contributed by atoms with Crippen LogP contribution in [0.15, 0.2) is 27.5 Å². The highest BCUT2D eigenvalue weighted by Gasteiger charge is 2.08. The highest BCUT2D eigenvalue weighted by molar-refractivity contribution is 9.10. The molecule has 0 spiro atoms. The van der Waals surface area contributed by atoms with Crippen molar-refractivity contribution in [1.29, 1.82) is 0 Å². The van der Waals surface area contributed by atoms with Crippen LogP contribution in [0.5, 0.6) is 5.75 Å². The topological polar surface area (TPSA) is 43.4 Å². The standard InChI is InChI=1S/C12H13BrO3/c1-7(2)9-4-5-10(13)12(15)11(6-9)16-8(3)14/h4-7H,1-3H3. The van der Waals surface area contributed by atoms with Crippen LogP contribution in [-0.2, 0) is 4.79 Å². The number of carbonyl (C=O) groups is 1. The molecule has 1 aromatic carbocycles. The minimum absolute atomic E-state index is 0.0630. The van der Waals surface area contributed by atoms with E-state index < -0.39 is 5.97 Å². The zero-order chi connectivity index (χ0) is 12.3. The van der Waals surface area contributed by atoms with Crippen molar-refractivity contribution in [3.05, 3.63) is 38.5 Å². The van der Waals surface area contributed by atoms with Gasteiger partial charge in [-0.15, -0.1) is 0 Å². The van der Waals surface area contributed by atoms with Gasteiger partial charge in [0.25, 0.3) is 0 Å². The van der Waals surface area contributed by atoms with Crippen molar-refractivity contribution in [2.45, 2.75) is 26.7 Å². The molecule has 0 radical (unpaired) electrons. The van der Waals surface area contributed by atoms with Crippen molar-refractivity contribution in [2.24, 2.45) is 0 Å². The summed E-state index contributed by atoms with van der Waals surface area (Å²) in [7, 11) is 0. The van der Waals surface area contributed by atoms with E-state index >= 15 is 0 Å². The van der Waals surface area contributed by atoms with Crippen molar-refractivity contribution in [3.63, 3.8) is 0 Å². The van der Waals surface area contributed by atoms with E-state index in [-0.39, 0.29) is 17.1 Å². The van der Waals surface area contributed by atoms with Gasteiger partial charge in [0.15, 0.2) is 5.75 Å². The number of hydrogen-bond acceptors (Lipinski definition) is 3. The lowest BCUT2D eigenvalue weighted by atomic mass is 10.1. The maximum absolute atomic E-state index is 11.8. The van der Waals surface area contributed by atoms with E-state index in [1.807, 2.05) is 19.9 Å². The second-order valence-electron chi connectivity index (χ2n) is 3.77. The molecule has 0 aliphatic rings. The predicted octanol–water partition coefficient (Wildman–Crippen LogP) is 2.86. The second-order valence-corrected chi connectivity index (χ2v) is 4.62. The van der Waals surface area contributed by atoms with Crippen molar-refractivity contribution < 1.29 is 9.53 Å². The van der Waals surface area contributed by atoms with Gasteiger partial charge in [-0.05, 0) is 39.5 Å². The highest BCUT2D eigenvalue weighted by Crippen LogP contribution is 2.19. The molecule has 1 rings (SSSR count). The van der Waals surface area contributed by atoms with Crippen molar-refractivity contribution >= 4 is 21.9 Å². The molecule has 0 amide bonds. The number of esters is 1. The van der Waals surface area contributed by atoms with Gasteiger partial charge in [-0.3, -0.25) is 9.59 Å². The molecule has 3 nitrogen and oxygen atoms in total. The molecule has 0 saturated heterocycles. The Morgan fingerprint density at radius 1 is 1.38 bits per heavy atom. The lowest BCUT2D eigenvalue weighted by Gasteiger charge is -2.02. The van der Waals surface area contributed by atoms with Crippen LogP contribution in [0, 0.1) is 0 Å². The smallest absolute Gasteiger partial charge is 0.308 e. The predicted molar refractivity (Wildman–Crippen MR) is 65.8 cm³/mol. The summed E-state index contributed by atoms with van der Waals surface area (Å²) in [5, 5.41) is 0. The fraction of sp³-hybridized carbons (Fsp3) is 0.333. The first kappa shape index (κ1) is 12.9. The Balaban J connectivity index is 3.40. The monoisotopic (exact) mass is 284 g/mol. The average Bonchev–Trinajstić information content (AvgIpc) is 2.30. The zero-order valence-electron chi connectivity index (χ0n) is 9.41. The summed E-state index contributed by atoms with van der Waals surface area (Å²) < 4.78 is 5.28. The maximum atomic E-state index is 11.8. The van der Waals surface area contributed by atoms with Crippen molar-refractivity contribution in [2.75, 3.05) is 0 Å². The summed E-state index contributed by atoms with van der Waals surface area (Å²) in [6.45, 7) is 5.28. The molecule has 0 saturated carbocycles. The van der Waals surface area contributed by atoms with Gasteiger partial charge in [0.1, 0.15) is 0 Å². The third kappa shape index (κ3) is 3.17. The van der Waals surface area contributed by atoms with E-state index in [1.165, 1.54) is 6.92 Å². The van der Waals surface area contributed by atoms with Crippen LogP contribution in [0.1, 0.15) is 32.3 Å². The van der Waals surface area contributed by atoms with Crippen LogP contribution in [0.3, 0.4) is 0 Å². The minimum atomic E-state index is -0.495. The first-order valence-electron chi connectivity index (χ1n) is 4.94. The normalized spacial score (nSPS) is 10.3. The lowest BCUT2D eigenvalue weighted by Crippen LogP contribution is -2.10. The van der Waals surface area contributed by atoms with Crippen LogP contribution in [0.2, 0.25) is 0 Å². The fourth-order valence-electron chi connectivity index (χ4n) is 1.22. The molecule has 0 atom stereocenters. The van der Waals surface area contributed by atoms with Gasteiger partial charge in [0.05, 0.1) is 4.47 Å². The van der Waals surface area contributed by atoms with Gasteiger partial charge in [0, 0.05) is 6.92 Å². The highest BCUT2D eigenvalue weighted by atomic mass is 79.9. The summed E-state index contributed by atoms with van der Waals surface area (Å²) in [5.74, 6) is -0.175. The molecular formula is C12H13BrO3. The molecule has 86 valence electrons. The largest absolute Gasteiger partial charge is 0.422 e. The van der Waals surface area contributed by atoms with E-state index in [0.29, 0.717) is 4.47 Å². The molecule has 0 bridgehead atoms. The first-order valence-corrected chi connectivity index (χ1v) is 5.73. The van der Waals surface area contributed by atoms with Crippen LogP contribution < -0.4 is 10.2 Å². The van der Waals surface area contributed by atoms with Gasteiger partial charge >= 0.3 is 5.97 Å². The third-order valence-electron chi connectivity index (χ3n) is 2.08. The Labute approximate surface area is 103 Å². The zero-order valence-corrected chi connectivity index (χ0v) is 11.0. The van der Waals surface area contributed by atoms with Crippen LogP contribution >= 0.6 is 15.9 Å². The maximum Gasteiger partial charge on any atom is 0.308 e. The Kier molecular flexibility index (Phi) is 4.24. The molecule has 4 heteroatoms. The summed E-state index contributed by atoms with van der Waals surface area (Å²) in [6.07, 6.45) is 0. The molecule has 0 aromatic heterocycles. The number of halogens is 1. The van der Waals surface area contributed by atoms with Crippen LogP contribution in [-0.4, -0.2) is 5.97 Å². The Hall–Kier alpha value is -1.16. The molecule has 0 aliphatic carbocycles. The van der Waals surface area contributed by atoms with Crippen molar-refractivity contribution in [1.82, 2.24) is 0 Å². The molecule has 16 heavy (non-hydrogen) atoms. The molecule has 0 fully saturated rings. The molecule has 1 aromatic rings. The molecule has 0 aliphatic heterocycles. The summed E-state index contributed by atoms with van der Waals surface area (Å²) in [4.78, 5) is 22.6. The van der Waals surface area contributed by atoms with Crippen LogP contribution in [0.4, 0.5) is 0 Å². The number of hydrogen-bond donors (Lipinski definition) is 0. The number of carbonyl (C=O) groups excluding carboxylic acids is 1. The van der Waals surface area contributed by atoms with Gasteiger partial charge in [0.2, 0.25) is 5.43 Å². The van der Waals surface area contributed by atoms with E-state index in [9.17, 15) is 9.59 Å². The minimum Gasteiger partial charge on any atom is -0.422 e. The van der Waals surface area contributed by atoms with Gasteiger partial charge in [-0.1, -0.05) is 19.9 Å². The number of rotatable bonds is 2. The Bertz CT molecular complexity index is 466. The summed E-state index contributed by atoms with van der Waals surface area (Å²) >= 11 is 3.15. The summed E-state index contributed by atoms with van der Waals surface area (Å²) in [6, 6.07) is 5.12. The van der Waals surface area contributed by atoms with Crippen LogP contribution in [0.25, 0.3) is 0 Å². The number of ether oxygens (including phenoxy) is 1. The van der Waals surface area contributed by atoms with E-state index in [2.05, 4.69) is 15.9 Å². The average molecular weight is 285 g/mol. The van der Waals surface area contributed by atoms with Gasteiger partial charge in [-0.25, -0.2) is 0 Å². The van der Waals surface area contributed by atoms with E-state index in [0.717, 1.165) is 5.56 Å². The fourth-order valence-corrected chi connectivity index (χ4v) is 1.55. The van der Waals surface area contributed by atoms with Gasteiger partial charge in [-0.2, -0.15) is 0 Å². The third-order valence-corrected chi connectivity index (χ3v) is 2.71. The van der Waals surface area contributed by atoms with E-state index in [1.54, 1.807) is 12.1 Å². The lowest BCUT2D eigenvalue weighted by molar-refractivity contribution is -0.131. The van der Waals surface area contributed by atoms with E-state index in [4.69, 9.17) is 4.74 Å². The molecule has 0 heterocycles. The second kappa shape index (κ2) is 5.25. The molecule has 0 N–H and O–H groups in total.